The number of hydroxylamine groups is 1. The SMILES string of the molecule is CCCC1(c2ccccc2)C=C(c2ccc(B(O)O)cc2)NO1. The van der Waals surface area contributed by atoms with Crippen LogP contribution in [0.2, 0.25) is 0 Å². The summed E-state index contributed by atoms with van der Waals surface area (Å²) in [7, 11) is -1.45. The molecule has 3 N–H and O–H groups in total. The average Bonchev–Trinajstić information content (AvgIpc) is 3.02. The van der Waals surface area contributed by atoms with Crippen molar-refractivity contribution in [1.82, 2.24) is 5.48 Å². The third kappa shape index (κ3) is 3.17. The number of benzene rings is 2. The molecular weight excluding hydrogens is 289 g/mol. The minimum atomic E-state index is -1.45. The van der Waals surface area contributed by atoms with E-state index in [1.807, 2.05) is 30.3 Å². The molecule has 0 aromatic heterocycles. The molecule has 4 nitrogen and oxygen atoms in total. The van der Waals surface area contributed by atoms with Crippen molar-refractivity contribution in [1.29, 1.82) is 0 Å². The van der Waals surface area contributed by atoms with E-state index in [1.54, 1.807) is 12.1 Å². The molecular formula is C18H20BNO3. The van der Waals surface area contributed by atoms with Gasteiger partial charge in [-0.1, -0.05) is 67.9 Å². The topological polar surface area (TPSA) is 61.7 Å². The van der Waals surface area contributed by atoms with Gasteiger partial charge in [-0.2, -0.15) is 0 Å². The Morgan fingerprint density at radius 1 is 1.04 bits per heavy atom. The van der Waals surface area contributed by atoms with Gasteiger partial charge in [-0.15, -0.1) is 0 Å². The number of nitrogens with one attached hydrogen (secondary N) is 1. The van der Waals surface area contributed by atoms with Crippen LogP contribution in [0.1, 0.15) is 30.9 Å². The molecule has 2 aromatic carbocycles. The Labute approximate surface area is 136 Å². The van der Waals surface area contributed by atoms with Gasteiger partial charge in [0.15, 0.2) is 0 Å². The molecule has 0 fully saturated rings. The van der Waals surface area contributed by atoms with E-state index in [0.29, 0.717) is 5.46 Å². The van der Waals surface area contributed by atoms with Crippen LogP contribution < -0.4 is 10.9 Å². The molecule has 1 unspecified atom stereocenters. The van der Waals surface area contributed by atoms with Gasteiger partial charge in [0.05, 0.1) is 5.70 Å². The second kappa shape index (κ2) is 6.58. The molecule has 1 heterocycles. The molecule has 23 heavy (non-hydrogen) atoms. The average molecular weight is 309 g/mol. The van der Waals surface area contributed by atoms with Gasteiger partial charge in [-0.25, -0.2) is 0 Å². The van der Waals surface area contributed by atoms with Crippen molar-refractivity contribution in [3.05, 3.63) is 71.8 Å². The third-order valence-electron chi connectivity index (χ3n) is 4.12. The Hall–Kier alpha value is -2.08. The summed E-state index contributed by atoms with van der Waals surface area (Å²) in [5.74, 6) is 0. The lowest BCUT2D eigenvalue weighted by Gasteiger charge is -2.25. The van der Waals surface area contributed by atoms with Crippen LogP contribution in [0.5, 0.6) is 0 Å². The Balaban J connectivity index is 1.93. The first kappa shape index (κ1) is 15.8. The fraction of sp³-hybridized carbons (Fsp3) is 0.222. The predicted octanol–water partition coefficient (Wildman–Crippen LogP) is 1.94. The molecule has 0 spiro atoms. The molecule has 1 atom stereocenters. The summed E-state index contributed by atoms with van der Waals surface area (Å²) >= 11 is 0. The van der Waals surface area contributed by atoms with Gasteiger partial charge >= 0.3 is 7.12 Å². The Morgan fingerprint density at radius 2 is 1.74 bits per heavy atom. The van der Waals surface area contributed by atoms with Crippen LogP contribution in [0.25, 0.3) is 5.70 Å². The summed E-state index contributed by atoms with van der Waals surface area (Å²) in [6.45, 7) is 2.14. The van der Waals surface area contributed by atoms with Crippen molar-refractivity contribution in [3.63, 3.8) is 0 Å². The van der Waals surface area contributed by atoms with Gasteiger partial charge < -0.3 is 10.0 Å². The first-order valence-electron chi connectivity index (χ1n) is 7.83. The van der Waals surface area contributed by atoms with Crippen LogP contribution in [-0.2, 0) is 10.4 Å². The van der Waals surface area contributed by atoms with E-state index in [9.17, 15) is 10.0 Å². The van der Waals surface area contributed by atoms with Crippen molar-refractivity contribution in [2.75, 3.05) is 0 Å². The third-order valence-corrected chi connectivity index (χ3v) is 4.12. The molecule has 0 amide bonds. The fourth-order valence-electron chi connectivity index (χ4n) is 2.92. The van der Waals surface area contributed by atoms with Gasteiger partial charge in [-0.3, -0.25) is 10.3 Å². The lowest BCUT2D eigenvalue weighted by atomic mass is 9.80. The maximum Gasteiger partial charge on any atom is 0.488 e. The van der Waals surface area contributed by atoms with E-state index in [4.69, 9.17) is 4.84 Å². The summed E-state index contributed by atoms with van der Waals surface area (Å²) in [6.07, 6.45) is 3.98. The number of rotatable bonds is 5. The second-order valence-corrected chi connectivity index (χ2v) is 5.76. The zero-order valence-electron chi connectivity index (χ0n) is 13.1. The lowest BCUT2D eigenvalue weighted by molar-refractivity contribution is -0.0442. The molecule has 5 heteroatoms. The Morgan fingerprint density at radius 3 is 2.35 bits per heavy atom. The van der Waals surface area contributed by atoms with E-state index in [1.165, 1.54) is 0 Å². The van der Waals surface area contributed by atoms with Gasteiger partial charge in [0.25, 0.3) is 0 Å². The Bertz CT molecular complexity index is 685. The standard InChI is InChI=1S/C18H20BNO3/c1-2-12-18(15-6-4-3-5-7-15)13-17(20-23-18)14-8-10-16(11-9-14)19(21)22/h3-11,13,20-22H,2,12H2,1H3. The highest BCUT2D eigenvalue weighted by Gasteiger charge is 2.36. The predicted molar refractivity (Wildman–Crippen MR) is 91.5 cm³/mol. The van der Waals surface area contributed by atoms with E-state index in [0.717, 1.165) is 29.7 Å². The number of hydrogen-bond acceptors (Lipinski definition) is 4. The van der Waals surface area contributed by atoms with E-state index >= 15 is 0 Å². The Kier molecular flexibility index (Phi) is 4.52. The van der Waals surface area contributed by atoms with Crippen LogP contribution >= 0.6 is 0 Å². The summed E-state index contributed by atoms with van der Waals surface area (Å²) in [5, 5.41) is 18.4. The van der Waals surface area contributed by atoms with E-state index in [2.05, 4.69) is 30.6 Å². The molecule has 118 valence electrons. The van der Waals surface area contributed by atoms with Crippen LogP contribution in [0.4, 0.5) is 0 Å². The molecule has 0 saturated carbocycles. The van der Waals surface area contributed by atoms with Crippen molar-refractivity contribution in [3.8, 4) is 0 Å². The smallest absolute Gasteiger partial charge is 0.423 e. The molecule has 0 radical (unpaired) electrons. The second-order valence-electron chi connectivity index (χ2n) is 5.76. The van der Waals surface area contributed by atoms with Crippen molar-refractivity contribution in [2.24, 2.45) is 0 Å². The van der Waals surface area contributed by atoms with Crippen molar-refractivity contribution >= 4 is 18.3 Å². The summed E-state index contributed by atoms with van der Waals surface area (Å²) in [6, 6.07) is 17.3. The van der Waals surface area contributed by atoms with Crippen molar-refractivity contribution < 1.29 is 14.9 Å². The van der Waals surface area contributed by atoms with Gasteiger partial charge in [0.2, 0.25) is 0 Å². The highest BCUT2D eigenvalue weighted by Crippen LogP contribution is 2.38. The van der Waals surface area contributed by atoms with Crippen LogP contribution in [0.15, 0.2) is 60.7 Å². The fourth-order valence-corrected chi connectivity index (χ4v) is 2.92. The molecule has 0 aliphatic carbocycles. The normalized spacial score (nSPS) is 20.0. The molecule has 1 aliphatic heterocycles. The lowest BCUT2D eigenvalue weighted by Crippen LogP contribution is -2.29. The van der Waals surface area contributed by atoms with Gasteiger partial charge in [0.1, 0.15) is 5.60 Å². The summed E-state index contributed by atoms with van der Waals surface area (Å²) in [5.41, 5.74) is 5.98. The first-order valence-corrected chi connectivity index (χ1v) is 7.83. The molecule has 0 saturated heterocycles. The zero-order valence-corrected chi connectivity index (χ0v) is 13.1. The first-order chi connectivity index (χ1) is 11.1. The largest absolute Gasteiger partial charge is 0.488 e. The highest BCUT2D eigenvalue weighted by molar-refractivity contribution is 6.58. The minimum Gasteiger partial charge on any atom is -0.423 e. The highest BCUT2D eigenvalue weighted by atomic mass is 16.7. The van der Waals surface area contributed by atoms with Gasteiger partial charge in [-0.05, 0) is 29.1 Å². The maximum absolute atomic E-state index is 9.18. The molecule has 0 bridgehead atoms. The molecule has 3 rings (SSSR count). The van der Waals surface area contributed by atoms with Crippen LogP contribution in [0.3, 0.4) is 0 Å². The summed E-state index contributed by atoms with van der Waals surface area (Å²) in [4.78, 5) is 5.97. The molecule has 2 aromatic rings. The van der Waals surface area contributed by atoms with E-state index in [-0.39, 0.29) is 0 Å². The van der Waals surface area contributed by atoms with Gasteiger partial charge in [0, 0.05) is 0 Å². The molecule has 1 aliphatic rings. The zero-order chi connectivity index (χ0) is 16.3. The summed E-state index contributed by atoms with van der Waals surface area (Å²) < 4.78 is 0. The van der Waals surface area contributed by atoms with Crippen LogP contribution in [-0.4, -0.2) is 17.2 Å². The van der Waals surface area contributed by atoms with Crippen LogP contribution in [0, 0.1) is 0 Å². The monoisotopic (exact) mass is 309 g/mol. The van der Waals surface area contributed by atoms with Crippen molar-refractivity contribution in [2.45, 2.75) is 25.4 Å². The maximum atomic E-state index is 9.18. The number of hydrogen-bond donors (Lipinski definition) is 3. The minimum absolute atomic E-state index is 0.469. The van der Waals surface area contributed by atoms with E-state index < -0.39 is 12.7 Å². The quantitative estimate of drug-likeness (QED) is 0.739.